The second kappa shape index (κ2) is 55.6. The maximum absolute atomic E-state index is 15.3. The van der Waals surface area contributed by atoms with Gasteiger partial charge in [0, 0.05) is 13.0 Å². The molecule has 19 atom stereocenters. The molecular formula is C98H124ClN21O27. The number of hydrogen-bond donors (Lipinski definition) is 30. The van der Waals surface area contributed by atoms with Crippen LogP contribution in [0.5, 0.6) is 34.5 Å². The summed E-state index contributed by atoms with van der Waals surface area (Å²) in [4.78, 5) is 264. The van der Waals surface area contributed by atoms with Crippen LogP contribution in [0.1, 0.15) is 162 Å². The number of hydrogen-bond acceptors (Lipinski definition) is 30. The first-order valence-corrected chi connectivity index (χ1v) is 47.1. The smallest absolute Gasteiger partial charge is 0.248 e. The van der Waals surface area contributed by atoms with Gasteiger partial charge in [-0.2, -0.15) is 0 Å². The van der Waals surface area contributed by atoms with E-state index in [1.165, 1.54) is 37.3 Å². The summed E-state index contributed by atoms with van der Waals surface area (Å²) in [5.74, 6) is -24.2. The van der Waals surface area contributed by atoms with Crippen molar-refractivity contribution in [1.29, 1.82) is 0 Å². The maximum atomic E-state index is 15.3. The second-order valence-corrected chi connectivity index (χ2v) is 35.8. The standard InChI is InChI=1S/C98H124ClN21O27/c1-47(2)42-69-88(137)106-48(3)83(132)115-82(58-26-37-71(129)64(99)44-58)90(139)104-41-38-68(108-84(133)65(102)45-72(103)130)87(136)116-78(54-18-29-60(125)30-19-54)95(144)110-67(15-11-40-101)85(134)112-75(50(5)122)93(142)119-81(57-24-35-63(128)36-25-57)98(147)120-80(56-22-33-62(127)34-23-56)97(146)113-74(49(4)121)92(141)111-70(43-52-12-8-7-9-13-52)89(138)109-66(14-10-39-100)86(135)117-79(55-20-31-61(126)32-21-55)96(145)114-76(51(6)123)94(143)118-77(53-16-27-59(124)28-17-53)91(140)105-46-73(131)107-69/h7-9,12-13,16-37,44,47-51,65-70,74-82,121-129H,10-11,14-15,38-43,45-46,100-102H2,1-6H3,(H2,103,130)(H,104,139)(H,105,140)(H,106,137)(H,107,131)(H,108,133)(H,109,138)(H,110,144)(H,111,141)(H,112,134)(H,113,146)(H,114,145)(H,115,132)(H,116,136)(H,117,135)(H,118,143)(H,119,142)(H,120,147)/t48-,49+,50-,51-,65+,66-,67-,68+,69+,70+,74+,75-,76-,77+,78+,79+,80+,81-,82+/m1/s1. The summed E-state index contributed by atoms with van der Waals surface area (Å²) in [5.41, 5.74) is 23.0. The Morgan fingerprint density at radius 2 is 0.714 bits per heavy atom. The predicted octanol–water partition coefficient (Wildman–Crippen LogP) is -3.85. The van der Waals surface area contributed by atoms with Crippen LogP contribution in [0.2, 0.25) is 5.02 Å². The van der Waals surface area contributed by atoms with E-state index in [1.54, 1.807) is 44.2 Å². The van der Waals surface area contributed by atoms with Gasteiger partial charge in [0.2, 0.25) is 106 Å². The lowest BCUT2D eigenvalue weighted by Gasteiger charge is -2.30. The van der Waals surface area contributed by atoms with Gasteiger partial charge in [-0.25, -0.2) is 0 Å². The fourth-order valence-electron chi connectivity index (χ4n) is 15.1. The summed E-state index contributed by atoms with van der Waals surface area (Å²) in [6, 6.07) is 4.05. The molecule has 0 aliphatic carbocycles. The lowest BCUT2D eigenvalue weighted by molar-refractivity contribution is -0.138. The number of phenols is 6. The molecule has 18 amide bonds. The molecule has 49 heteroatoms. The fraction of sp³-hybridized carbons (Fsp3) is 0.388. The molecule has 8 rings (SSSR count). The molecule has 34 N–H and O–H groups in total. The number of rotatable bonds is 23. The van der Waals surface area contributed by atoms with E-state index in [0.717, 1.165) is 130 Å². The molecule has 7 aromatic carbocycles. The fourth-order valence-corrected chi connectivity index (χ4v) is 15.3. The summed E-state index contributed by atoms with van der Waals surface area (Å²) in [5, 5.41) is 139. The van der Waals surface area contributed by atoms with Crippen molar-refractivity contribution in [3.05, 3.63) is 214 Å². The molecule has 790 valence electrons. The topological polar surface area (TPSA) is 798 Å². The molecule has 0 unspecified atom stereocenters. The third-order valence-electron chi connectivity index (χ3n) is 23.2. The molecule has 0 saturated carbocycles. The number of aliphatic hydroxyl groups is 3. The summed E-state index contributed by atoms with van der Waals surface area (Å²) in [6.07, 6.45) is -8.50. The summed E-state index contributed by atoms with van der Waals surface area (Å²) >= 11 is 6.35. The lowest BCUT2D eigenvalue weighted by atomic mass is 10.0. The number of amides is 18. The van der Waals surface area contributed by atoms with Gasteiger partial charge in [0.1, 0.15) is 125 Å². The Labute approximate surface area is 847 Å². The number of nitrogens with two attached hydrogens (primary N) is 4. The molecule has 0 spiro atoms. The van der Waals surface area contributed by atoms with Gasteiger partial charge in [-0.3, -0.25) is 86.3 Å². The number of phenolic OH excluding ortho intramolecular Hbond substituents is 6. The molecule has 0 bridgehead atoms. The van der Waals surface area contributed by atoms with E-state index in [0.29, 0.717) is 5.56 Å². The monoisotopic (exact) mass is 2060 g/mol. The number of halogens is 1. The number of benzene rings is 7. The average molecular weight is 2060 g/mol. The van der Waals surface area contributed by atoms with Crippen molar-refractivity contribution in [2.24, 2.45) is 28.9 Å². The average Bonchev–Trinajstić information content (AvgIpc) is 0.812. The van der Waals surface area contributed by atoms with E-state index in [2.05, 4.69) is 90.4 Å². The lowest BCUT2D eigenvalue weighted by Crippen LogP contribution is -2.61. The van der Waals surface area contributed by atoms with Gasteiger partial charge in [-0.05, 0) is 197 Å². The van der Waals surface area contributed by atoms with Crippen LogP contribution in [0.15, 0.2) is 170 Å². The van der Waals surface area contributed by atoms with E-state index in [1.807, 2.05) is 0 Å². The van der Waals surface area contributed by atoms with Crippen molar-refractivity contribution in [2.75, 3.05) is 26.2 Å². The first kappa shape index (κ1) is 116. The van der Waals surface area contributed by atoms with E-state index in [4.69, 9.17) is 34.5 Å². The van der Waals surface area contributed by atoms with Crippen LogP contribution in [-0.2, 0) is 92.7 Å². The second-order valence-electron chi connectivity index (χ2n) is 35.3. The van der Waals surface area contributed by atoms with Crippen molar-refractivity contribution in [1.82, 2.24) is 90.4 Å². The molecule has 48 nitrogen and oxygen atoms in total. The number of nitrogens with one attached hydrogen (secondary N) is 17. The molecule has 1 aliphatic heterocycles. The van der Waals surface area contributed by atoms with E-state index in [-0.39, 0.29) is 112 Å². The third-order valence-corrected chi connectivity index (χ3v) is 23.5. The van der Waals surface area contributed by atoms with E-state index in [9.17, 15) is 93.9 Å². The molecule has 7 aromatic rings. The third kappa shape index (κ3) is 35.1. The minimum atomic E-state index is -2.12. The Morgan fingerprint density at radius 1 is 0.381 bits per heavy atom. The number of carbonyl (C=O) groups is 18. The zero-order valence-electron chi connectivity index (χ0n) is 80.8. The van der Waals surface area contributed by atoms with Crippen molar-refractivity contribution in [3.63, 3.8) is 0 Å². The normalized spacial score (nSPS) is 23.7. The Balaban J connectivity index is 1.21. The van der Waals surface area contributed by atoms with Gasteiger partial charge in [-0.15, -0.1) is 0 Å². The van der Waals surface area contributed by atoms with Crippen molar-refractivity contribution >= 4 is 118 Å². The van der Waals surface area contributed by atoms with Gasteiger partial charge < -0.3 is 159 Å². The molecule has 1 heterocycles. The van der Waals surface area contributed by atoms with Gasteiger partial charge >= 0.3 is 0 Å². The van der Waals surface area contributed by atoms with Crippen LogP contribution in [-0.4, -0.2) is 257 Å². The minimum Gasteiger partial charge on any atom is -0.508 e. The highest BCUT2D eigenvalue weighted by atomic mass is 35.5. The van der Waals surface area contributed by atoms with Gasteiger partial charge in [0.05, 0.1) is 42.3 Å². The number of carbonyl (C=O) groups excluding carboxylic acids is 18. The Hall–Kier alpha value is -16.2. The highest BCUT2D eigenvalue weighted by Crippen LogP contribution is 2.30. The van der Waals surface area contributed by atoms with Gasteiger partial charge in [0.15, 0.2) is 0 Å². The minimum absolute atomic E-state index is 0.0273. The highest BCUT2D eigenvalue weighted by molar-refractivity contribution is 6.32. The van der Waals surface area contributed by atoms with Crippen LogP contribution < -0.4 is 113 Å². The van der Waals surface area contributed by atoms with Crippen LogP contribution >= 0.6 is 11.6 Å². The molecule has 147 heavy (non-hydrogen) atoms. The van der Waals surface area contributed by atoms with Crippen molar-refractivity contribution in [2.45, 2.75) is 208 Å². The molecule has 0 radical (unpaired) electrons. The Kier molecular flexibility index (Phi) is 43.9. The Bertz CT molecular complexity index is 5800. The van der Waals surface area contributed by atoms with Gasteiger partial charge in [-0.1, -0.05) is 123 Å². The van der Waals surface area contributed by atoms with Crippen LogP contribution in [0, 0.1) is 5.92 Å². The van der Waals surface area contributed by atoms with Crippen LogP contribution in [0.4, 0.5) is 0 Å². The van der Waals surface area contributed by atoms with E-state index >= 15 is 38.4 Å². The predicted molar refractivity (Wildman–Crippen MR) is 526 cm³/mol. The number of primary amides is 1. The van der Waals surface area contributed by atoms with Crippen molar-refractivity contribution < 1.29 is 132 Å². The first-order valence-electron chi connectivity index (χ1n) is 46.7. The number of aromatic hydroxyl groups is 6. The molecule has 1 fully saturated rings. The largest absolute Gasteiger partial charge is 0.508 e. The highest BCUT2D eigenvalue weighted by Gasteiger charge is 2.43. The molecule has 0 aromatic heterocycles. The SMILES string of the molecule is CC(C)C[C@@H]1NC(=O)CNC(=O)[C@H](c2ccc(O)cc2)NC(=O)[C@@H]([C@@H](C)O)NC(=O)[C@H](c2ccc(O)cc2)NC(=O)[C@@H](CCCN)NC(=O)[C@H](Cc2ccccc2)NC(=O)[C@H]([C@H](C)O)NC(=O)[C@H](c2ccc(O)cc2)NC(=O)[C@@H](c2ccc(O)cc2)NC(=O)[C@@H]([C@@H](C)O)NC(=O)[C@@H](CCCN)NC(=O)[C@H](c2ccc(O)cc2)NC(=O)[C@@H](NC(=O)[C@@H](N)CC(N)=O)CCNC(=O)[C@H](c2ccc(O)c(Cl)c2)NC(=O)[C@@H](C)NC1=O. The molecule has 1 saturated heterocycles. The van der Waals surface area contributed by atoms with Gasteiger partial charge in [0.25, 0.3) is 0 Å². The Morgan fingerprint density at radius 3 is 1.13 bits per heavy atom. The molecular weight excluding hydrogens is 1940 g/mol. The molecule has 1 aliphatic rings. The maximum Gasteiger partial charge on any atom is 0.248 e. The summed E-state index contributed by atoms with van der Waals surface area (Å²) < 4.78 is 0. The van der Waals surface area contributed by atoms with Crippen molar-refractivity contribution in [3.8, 4) is 34.5 Å². The quantitative estimate of drug-likeness (QED) is 0.0292. The first-order chi connectivity index (χ1) is 69.6. The van der Waals surface area contributed by atoms with Crippen LogP contribution in [0.25, 0.3) is 0 Å². The zero-order valence-corrected chi connectivity index (χ0v) is 81.5. The van der Waals surface area contributed by atoms with Crippen LogP contribution in [0.3, 0.4) is 0 Å². The summed E-state index contributed by atoms with van der Waals surface area (Å²) in [7, 11) is 0. The number of aliphatic hydroxyl groups excluding tert-OH is 3. The summed E-state index contributed by atoms with van der Waals surface area (Å²) in [6.45, 7) is 5.78. The zero-order chi connectivity index (χ0) is 108. The van der Waals surface area contributed by atoms with E-state index < -0.39 is 265 Å².